The molecule has 0 saturated carbocycles. The van der Waals surface area contributed by atoms with Gasteiger partial charge in [0.2, 0.25) is 5.91 Å². The van der Waals surface area contributed by atoms with Crippen LogP contribution >= 0.6 is 0 Å². The SMILES string of the molecule is COc1cccc(F)c1-c1cnc(C(=O)NC2=C/C(C)C/C=C(C(F)(F)F)/C=C\2)c(N2CCCC2=O)c1. The molecule has 10 heteroatoms. The second-order valence-electron chi connectivity index (χ2n) is 8.84. The first-order valence-electron chi connectivity index (χ1n) is 11.7. The number of benzene rings is 1. The number of carbonyl (C=O) groups is 2. The minimum Gasteiger partial charge on any atom is -0.496 e. The van der Waals surface area contributed by atoms with Crippen molar-refractivity contribution in [2.75, 3.05) is 18.6 Å². The van der Waals surface area contributed by atoms with Gasteiger partial charge in [-0.05, 0) is 49.1 Å². The highest BCUT2D eigenvalue weighted by atomic mass is 19.4. The molecule has 1 fully saturated rings. The quantitative estimate of drug-likeness (QED) is 0.517. The maximum Gasteiger partial charge on any atom is 0.416 e. The molecule has 1 aliphatic heterocycles. The third-order valence-corrected chi connectivity index (χ3v) is 6.13. The van der Waals surface area contributed by atoms with Gasteiger partial charge in [0.05, 0.1) is 23.9 Å². The Hall–Kier alpha value is -3.95. The molecule has 2 aliphatic rings. The van der Waals surface area contributed by atoms with Gasteiger partial charge in [0.15, 0.2) is 5.69 Å². The molecular formula is C27H25F4N3O3. The van der Waals surface area contributed by atoms with Gasteiger partial charge in [-0.3, -0.25) is 9.59 Å². The lowest BCUT2D eigenvalue weighted by Crippen LogP contribution is -2.30. The van der Waals surface area contributed by atoms with Crippen molar-refractivity contribution in [3.63, 3.8) is 0 Å². The zero-order valence-corrected chi connectivity index (χ0v) is 20.2. The van der Waals surface area contributed by atoms with E-state index >= 15 is 0 Å². The summed E-state index contributed by atoms with van der Waals surface area (Å²) in [5.41, 5.74) is -0.119. The molecule has 1 aromatic carbocycles. The van der Waals surface area contributed by atoms with E-state index in [4.69, 9.17) is 4.74 Å². The van der Waals surface area contributed by atoms with Crippen LogP contribution in [-0.2, 0) is 4.79 Å². The van der Waals surface area contributed by atoms with Crippen LogP contribution in [0.3, 0.4) is 0 Å². The lowest BCUT2D eigenvalue weighted by Gasteiger charge is -2.21. The van der Waals surface area contributed by atoms with E-state index in [9.17, 15) is 27.2 Å². The number of nitrogens with zero attached hydrogens (tertiary/aromatic N) is 2. The van der Waals surface area contributed by atoms with E-state index in [0.717, 1.165) is 12.2 Å². The van der Waals surface area contributed by atoms with Gasteiger partial charge in [-0.1, -0.05) is 25.1 Å². The van der Waals surface area contributed by atoms with Crippen molar-refractivity contribution in [1.29, 1.82) is 0 Å². The van der Waals surface area contributed by atoms with Gasteiger partial charge in [-0.15, -0.1) is 0 Å². The number of nitrogens with one attached hydrogen (secondary N) is 1. The number of rotatable bonds is 5. The minimum atomic E-state index is -4.52. The summed E-state index contributed by atoms with van der Waals surface area (Å²) in [6, 6.07) is 5.84. The molecule has 4 rings (SSSR count). The Kier molecular flexibility index (Phi) is 7.47. The molecule has 1 aliphatic carbocycles. The maximum absolute atomic E-state index is 14.7. The lowest BCUT2D eigenvalue weighted by atomic mass is 10.0. The fourth-order valence-electron chi connectivity index (χ4n) is 4.30. The van der Waals surface area contributed by atoms with Gasteiger partial charge in [0, 0.05) is 30.4 Å². The van der Waals surface area contributed by atoms with Gasteiger partial charge in [-0.25, -0.2) is 9.37 Å². The summed E-state index contributed by atoms with van der Waals surface area (Å²) < 4.78 is 59.8. The average Bonchev–Trinajstić information content (AvgIpc) is 3.26. The van der Waals surface area contributed by atoms with Crippen LogP contribution in [-0.4, -0.2) is 36.6 Å². The number of ether oxygens (including phenoxy) is 1. The molecule has 1 saturated heterocycles. The van der Waals surface area contributed by atoms with E-state index in [1.54, 1.807) is 19.1 Å². The fourth-order valence-corrected chi connectivity index (χ4v) is 4.30. The van der Waals surface area contributed by atoms with Crippen LogP contribution in [0.4, 0.5) is 23.2 Å². The van der Waals surface area contributed by atoms with Gasteiger partial charge in [-0.2, -0.15) is 13.2 Å². The number of alkyl halides is 3. The second-order valence-corrected chi connectivity index (χ2v) is 8.84. The first-order valence-corrected chi connectivity index (χ1v) is 11.7. The standard InChI is InChI=1S/C27H25F4N3O3/c1-16-8-9-18(27(29,30)31)10-11-19(13-16)33-26(36)25-21(34-12-4-7-23(34)35)14-17(15-32-25)24-20(28)5-3-6-22(24)37-2/h3,5-6,9-11,13-16H,4,7-8,12H2,1-2H3,(H,33,36)/b11-10-,18-9-,19-13+. The Labute approximate surface area is 211 Å². The number of allylic oxidation sites excluding steroid dienone is 5. The van der Waals surface area contributed by atoms with E-state index in [2.05, 4.69) is 10.3 Å². The van der Waals surface area contributed by atoms with Gasteiger partial charge in [0.25, 0.3) is 5.91 Å². The molecule has 1 atom stereocenters. The van der Waals surface area contributed by atoms with Crippen LogP contribution < -0.4 is 15.0 Å². The molecular weight excluding hydrogens is 490 g/mol. The number of methoxy groups -OCH3 is 1. The third-order valence-electron chi connectivity index (χ3n) is 6.13. The Bertz CT molecular complexity index is 1310. The molecule has 194 valence electrons. The van der Waals surface area contributed by atoms with E-state index in [0.29, 0.717) is 18.5 Å². The summed E-state index contributed by atoms with van der Waals surface area (Å²) in [6.07, 6.45) is 2.64. The predicted molar refractivity (Wildman–Crippen MR) is 130 cm³/mol. The van der Waals surface area contributed by atoms with E-state index in [-0.39, 0.29) is 53.1 Å². The monoisotopic (exact) mass is 515 g/mol. The van der Waals surface area contributed by atoms with Crippen LogP contribution in [0.2, 0.25) is 0 Å². The maximum atomic E-state index is 14.7. The highest BCUT2D eigenvalue weighted by molar-refractivity contribution is 6.05. The van der Waals surface area contributed by atoms with Crippen molar-refractivity contribution in [3.8, 4) is 16.9 Å². The van der Waals surface area contributed by atoms with Gasteiger partial charge in [0.1, 0.15) is 11.6 Å². The summed E-state index contributed by atoms with van der Waals surface area (Å²) in [6.45, 7) is 2.08. The van der Waals surface area contributed by atoms with Gasteiger partial charge < -0.3 is 15.0 Å². The van der Waals surface area contributed by atoms with Crippen molar-refractivity contribution >= 4 is 17.5 Å². The predicted octanol–water partition coefficient (Wildman–Crippen LogP) is 5.72. The molecule has 1 unspecified atom stereocenters. The number of anilines is 1. The van der Waals surface area contributed by atoms with E-state index in [1.165, 1.54) is 42.5 Å². The third kappa shape index (κ3) is 5.73. The van der Waals surface area contributed by atoms with Crippen LogP contribution in [0.15, 0.2) is 66.0 Å². The smallest absolute Gasteiger partial charge is 0.416 e. The first kappa shape index (κ1) is 26.1. The van der Waals surface area contributed by atoms with Crippen molar-refractivity contribution in [1.82, 2.24) is 10.3 Å². The summed E-state index contributed by atoms with van der Waals surface area (Å²) in [4.78, 5) is 31.5. The van der Waals surface area contributed by atoms with Crippen molar-refractivity contribution in [2.45, 2.75) is 32.4 Å². The highest BCUT2D eigenvalue weighted by Crippen LogP contribution is 2.36. The Morgan fingerprint density at radius 1 is 1.24 bits per heavy atom. The molecule has 1 N–H and O–H groups in total. The number of hydrogen-bond donors (Lipinski definition) is 1. The Balaban J connectivity index is 1.72. The van der Waals surface area contributed by atoms with Crippen LogP contribution in [0, 0.1) is 11.7 Å². The van der Waals surface area contributed by atoms with Crippen molar-refractivity contribution < 1.29 is 31.9 Å². The number of carbonyl (C=O) groups excluding carboxylic acids is 2. The first-order chi connectivity index (χ1) is 17.6. The summed E-state index contributed by atoms with van der Waals surface area (Å²) in [7, 11) is 1.40. The zero-order chi connectivity index (χ0) is 26.7. The highest BCUT2D eigenvalue weighted by Gasteiger charge is 2.32. The second kappa shape index (κ2) is 10.6. The van der Waals surface area contributed by atoms with Crippen molar-refractivity contribution in [2.24, 2.45) is 5.92 Å². The molecule has 37 heavy (non-hydrogen) atoms. The van der Waals surface area contributed by atoms with E-state index in [1.807, 2.05) is 0 Å². The number of hydrogen-bond acceptors (Lipinski definition) is 4. The van der Waals surface area contributed by atoms with E-state index < -0.39 is 23.5 Å². The molecule has 2 heterocycles. The number of amides is 2. The zero-order valence-electron chi connectivity index (χ0n) is 20.2. The van der Waals surface area contributed by atoms with Crippen LogP contribution in [0.1, 0.15) is 36.7 Å². The van der Waals surface area contributed by atoms with Crippen LogP contribution in [0.5, 0.6) is 5.75 Å². The molecule has 2 amide bonds. The Morgan fingerprint density at radius 3 is 2.70 bits per heavy atom. The molecule has 0 radical (unpaired) electrons. The van der Waals surface area contributed by atoms with Crippen LogP contribution in [0.25, 0.3) is 11.1 Å². The van der Waals surface area contributed by atoms with Gasteiger partial charge >= 0.3 is 6.18 Å². The lowest BCUT2D eigenvalue weighted by molar-refractivity contribution is -0.117. The topological polar surface area (TPSA) is 71.5 Å². The average molecular weight is 516 g/mol. The molecule has 6 nitrogen and oxygen atoms in total. The normalized spacial score (nSPS) is 21.8. The molecule has 0 bridgehead atoms. The molecule has 2 aromatic rings. The number of aromatic nitrogens is 1. The summed E-state index contributed by atoms with van der Waals surface area (Å²) in [5.74, 6) is -1.51. The Morgan fingerprint density at radius 2 is 2.03 bits per heavy atom. The molecule has 1 aromatic heterocycles. The largest absolute Gasteiger partial charge is 0.496 e. The van der Waals surface area contributed by atoms with Crippen molar-refractivity contribution in [3.05, 3.63) is 77.5 Å². The minimum absolute atomic E-state index is 0.107. The summed E-state index contributed by atoms with van der Waals surface area (Å²) >= 11 is 0. The summed E-state index contributed by atoms with van der Waals surface area (Å²) in [5, 5.41) is 2.62. The number of halogens is 4. The molecule has 0 spiro atoms. The fraction of sp³-hybridized carbons (Fsp3) is 0.296. The number of pyridine rings is 1.